The van der Waals surface area contributed by atoms with Crippen LogP contribution in [0.5, 0.6) is 0 Å². The van der Waals surface area contributed by atoms with Gasteiger partial charge in [-0.3, -0.25) is 0 Å². The van der Waals surface area contributed by atoms with Gasteiger partial charge in [0, 0.05) is 24.8 Å². The summed E-state index contributed by atoms with van der Waals surface area (Å²) in [6.45, 7) is 6.59. The molecule has 0 aliphatic carbocycles. The lowest BCUT2D eigenvalue weighted by atomic mass is 10.0. The minimum absolute atomic E-state index is 0.0979. The molecule has 0 radical (unpaired) electrons. The van der Waals surface area contributed by atoms with Crippen LogP contribution in [0.2, 0.25) is 0 Å². The highest BCUT2D eigenvalue weighted by atomic mass is 32.2. The highest BCUT2D eigenvalue weighted by molar-refractivity contribution is 7.89. The van der Waals surface area contributed by atoms with Gasteiger partial charge in [-0.1, -0.05) is 6.07 Å². The number of hydrogen-bond acceptors (Lipinski definition) is 4. The van der Waals surface area contributed by atoms with Gasteiger partial charge in [0.1, 0.15) is 0 Å². The fraction of sp³-hybridized carbons (Fsp3) is 0.571. The number of rotatable bonds is 4. The fourth-order valence-corrected chi connectivity index (χ4v) is 4.18. The topological polar surface area (TPSA) is 81.4 Å². The Hall–Kier alpha value is -1.11. The molecule has 0 saturated carbocycles. The molecule has 20 heavy (non-hydrogen) atoms. The lowest BCUT2D eigenvalue weighted by molar-refractivity contribution is 0.107. The van der Waals surface area contributed by atoms with E-state index in [0.717, 1.165) is 6.42 Å². The number of aryl methyl sites for hydroxylation is 1. The van der Waals surface area contributed by atoms with Crippen molar-refractivity contribution in [3.63, 3.8) is 0 Å². The van der Waals surface area contributed by atoms with Crippen LogP contribution in [0.4, 0.5) is 5.69 Å². The molecule has 1 saturated heterocycles. The Morgan fingerprint density at radius 3 is 2.70 bits per heavy atom. The molecule has 1 aliphatic heterocycles. The number of nitrogens with two attached hydrogens (primary N) is 1. The van der Waals surface area contributed by atoms with Crippen LogP contribution in [0.15, 0.2) is 17.0 Å². The van der Waals surface area contributed by atoms with Crippen LogP contribution in [0.25, 0.3) is 0 Å². The van der Waals surface area contributed by atoms with Crippen molar-refractivity contribution in [2.75, 3.05) is 18.9 Å². The summed E-state index contributed by atoms with van der Waals surface area (Å²) in [6, 6.07) is 3.47. The first-order valence-corrected chi connectivity index (χ1v) is 8.28. The monoisotopic (exact) mass is 298 g/mol. The molecule has 5 nitrogen and oxygen atoms in total. The van der Waals surface area contributed by atoms with E-state index in [1.807, 2.05) is 6.92 Å². The number of benzene rings is 1. The first-order chi connectivity index (χ1) is 9.33. The van der Waals surface area contributed by atoms with Crippen LogP contribution in [-0.4, -0.2) is 27.7 Å². The van der Waals surface area contributed by atoms with Gasteiger partial charge in [0.05, 0.1) is 11.0 Å². The van der Waals surface area contributed by atoms with Crippen molar-refractivity contribution >= 4 is 15.7 Å². The largest absolute Gasteiger partial charge is 0.398 e. The SMILES string of the molecule is Cc1ccc(N)c(C)c1S(=O)(=O)NCC1CCOC1C. The van der Waals surface area contributed by atoms with Gasteiger partial charge in [0.25, 0.3) is 0 Å². The second-order valence-electron chi connectivity index (χ2n) is 5.40. The second-order valence-corrected chi connectivity index (χ2v) is 7.11. The molecule has 3 N–H and O–H groups in total. The van der Waals surface area contributed by atoms with Gasteiger partial charge >= 0.3 is 0 Å². The third kappa shape index (κ3) is 2.97. The standard InChI is InChI=1S/C14H22N2O3S/c1-9-4-5-13(15)10(2)14(9)20(17,18)16-8-12-6-7-19-11(12)3/h4-5,11-12,16H,6-8,15H2,1-3H3. The van der Waals surface area contributed by atoms with Crippen LogP contribution < -0.4 is 10.5 Å². The van der Waals surface area contributed by atoms with Crippen molar-refractivity contribution in [1.29, 1.82) is 0 Å². The van der Waals surface area contributed by atoms with Crippen LogP contribution in [0, 0.1) is 19.8 Å². The normalized spacial score (nSPS) is 23.1. The Bertz CT molecular complexity index is 599. The van der Waals surface area contributed by atoms with Crippen LogP contribution in [0.1, 0.15) is 24.5 Å². The maximum atomic E-state index is 12.5. The lowest BCUT2D eigenvalue weighted by Crippen LogP contribution is -2.32. The molecule has 0 aromatic heterocycles. The molecule has 0 spiro atoms. The van der Waals surface area contributed by atoms with Gasteiger partial charge in [0.2, 0.25) is 10.0 Å². The van der Waals surface area contributed by atoms with E-state index in [2.05, 4.69) is 4.72 Å². The molecule has 2 unspecified atom stereocenters. The summed E-state index contributed by atoms with van der Waals surface area (Å²) < 4.78 is 33.1. The highest BCUT2D eigenvalue weighted by Gasteiger charge is 2.27. The smallest absolute Gasteiger partial charge is 0.241 e. The molecule has 1 aromatic carbocycles. The Balaban J connectivity index is 2.21. The Morgan fingerprint density at radius 1 is 1.40 bits per heavy atom. The molecule has 0 amide bonds. The predicted molar refractivity (Wildman–Crippen MR) is 79.0 cm³/mol. The third-order valence-corrected chi connectivity index (χ3v) is 5.69. The fourth-order valence-electron chi connectivity index (χ4n) is 2.59. The number of hydrogen-bond donors (Lipinski definition) is 2. The van der Waals surface area contributed by atoms with Gasteiger partial charge in [-0.2, -0.15) is 0 Å². The predicted octanol–water partition coefficient (Wildman–Crippen LogP) is 1.59. The van der Waals surface area contributed by atoms with E-state index in [-0.39, 0.29) is 12.0 Å². The first kappa shape index (κ1) is 15.3. The minimum Gasteiger partial charge on any atom is -0.398 e. The summed E-state index contributed by atoms with van der Waals surface area (Å²) in [5.41, 5.74) is 7.62. The van der Waals surface area contributed by atoms with Crippen molar-refractivity contribution in [3.05, 3.63) is 23.3 Å². The van der Waals surface area contributed by atoms with Crippen LogP contribution >= 0.6 is 0 Å². The zero-order valence-electron chi connectivity index (χ0n) is 12.1. The number of nitrogen functional groups attached to an aromatic ring is 1. The van der Waals surface area contributed by atoms with Gasteiger partial charge < -0.3 is 10.5 Å². The van der Waals surface area contributed by atoms with E-state index >= 15 is 0 Å². The molecule has 6 heteroatoms. The number of nitrogens with one attached hydrogen (secondary N) is 1. The first-order valence-electron chi connectivity index (χ1n) is 6.80. The average Bonchev–Trinajstić information content (AvgIpc) is 2.77. The Kier molecular flexibility index (Phi) is 4.36. The molecular weight excluding hydrogens is 276 g/mol. The molecule has 112 valence electrons. The van der Waals surface area contributed by atoms with Gasteiger partial charge in [0.15, 0.2) is 0 Å². The van der Waals surface area contributed by atoms with Gasteiger partial charge in [-0.25, -0.2) is 13.1 Å². The van der Waals surface area contributed by atoms with Crippen molar-refractivity contribution < 1.29 is 13.2 Å². The molecule has 1 fully saturated rings. The summed E-state index contributed by atoms with van der Waals surface area (Å²) >= 11 is 0. The van der Waals surface area contributed by atoms with E-state index in [1.54, 1.807) is 26.0 Å². The molecular formula is C14H22N2O3S. The van der Waals surface area contributed by atoms with Crippen molar-refractivity contribution in [2.45, 2.75) is 38.2 Å². The Morgan fingerprint density at radius 2 is 2.10 bits per heavy atom. The van der Waals surface area contributed by atoms with E-state index in [1.165, 1.54) is 0 Å². The number of ether oxygens (including phenoxy) is 1. The van der Waals surface area contributed by atoms with E-state index in [0.29, 0.717) is 34.9 Å². The zero-order chi connectivity index (χ0) is 14.9. The zero-order valence-corrected chi connectivity index (χ0v) is 13.0. The van der Waals surface area contributed by atoms with Crippen molar-refractivity contribution in [1.82, 2.24) is 4.72 Å². The number of sulfonamides is 1. The summed E-state index contributed by atoms with van der Waals surface area (Å²) in [5, 5.41) is 0. The highest BCUT2D eigenvalue weighted by Crippen LogP contribution is 2.25. The van der Waals surface area contributed by atoms with Crippen molar-refractivity contribution in [3.8, 4) is 0 Å². The average molecular weight is 298 g/mol. The summed E-state index contributed by atoms with van der Waals surface area (Å²) in [7, 11) is -3.54. The van der Waals surface area contributed by atoms with E-state index in [4.69, 9.17) is 10.5 Å². The molecule has 0 bridgehead atoms. The molecule has 1 heterocycles. The van der Waals surface area contributed by atoms with Crippen LogP contribution in [-0.2, 0) is 14.8 Å². The summed E-state index contributed by atoms with van der Waals surface area (Å²) in [6.07, 6.45) is 0.985. The molecule has 2 atom stereocenters. The molecule has 1 aliphatic rings. The summed E-state index contributed by atoms with van der Waals surface area (Å²) in [5.74, 6) is 0.228. The summed E-state index contributed by atoms with van der Waals surface area (Å²) in [4.78, 5) is 0.295. The quantitative estimate of drug-likeness (QED) is 0.827. The molecule has 2 rings (SSSR count). The van der Waals surface area contributed by atoms with Crippen LogP contribution in [0.3, 0.4) is 0 Å². The van der Waals surface area contributed by atoms with Gasteiger partial charge in [-0.05, 0) is 44.4 Å². The van der Waals surface area contributed by atoms with Gasteiger partial charge in [-0.15, -0.1) is 0 Å². The number of anilines is 1. The minimum atomic E-state index is -3.54. The Labute approximate surface area is 120 Å². The van der Waals surface area contributed by atoms with E-state index < -0.39 is 10.0 Å². The third-order valence-electron chi connectivity index (χ3n) is 3.98. The van der Waals surface area contributed by atoms with E-state index in [9.17, 15) is 8.42 Å². The molecule has 1 aromatic rings. The van der Waals surface area contributed by atoms with Crippen molar-refractivity contribution in [2.24, 2.45) is 5.92 Å². The lowest BCUT2D eigenvalue weighted by Gasteiger charge is -2.17. The maximum Gasteiger partial charge on any atom is 0.241 e. The second kappa shape index (κ2) is 5.71. The maximum absolute atomic E-state index is 12.5.